The number of nitrogens with zero attached hydrogens (tertiary/aromatic N) is 1. The Labute approximate surface area is 112 Å². The van der Waals surface area contributed by atoms with E-state index in [0.717, 1.165) is 0 Å². The molecule has 0 spiro atoms. The van der Waals surface area contributed by atoms with Gasteiger partial charge < -0.3 is 21.1 Å². The van der Waals surface area contributed by atoms with Crippen LogP contribution in [0.1, 0.15) is 27.2 Å². The van der Waals surface area contributed by atoms with Crippen molar-refractivity contribution in [2.24, 2.45) is 17.6 Å². The number of nitrogens with one attached hydrogen (secondary N) is 1. The van der Waals surface area contributed by atoms with E-state index in [9.17, 15) is 14.4 Å². The maximum atomic E-state index is 12.4. The number of nitrogens with two attached hydrogens (primary N) is 1. The van der Waals surface area contributed by atoms with Crippen molar-refractivity contribution in [1.29, 1.82) is 0 Å². The smallest absolute Gasteiger partial charge is 0.405 e. The number of carbonyl (C=O) groups is 3. The minimum atomic E-state index is -1.25. The van der Waals surface area contributed by atoms with Gasteiger partial charge in [-0.25, -0.2) is 4.79 Å². The maximum absolute atomic E-state index is 12.4. The molecule has 3 atom stereocenters. The van der Waals surface area contributed by atoms with Crippen LogP contribution in [0.25, 0.3) is 0 Å². The van der Waals surface area contributed by atoms with Crippen LogP contribution >= 0.6 is 0 Å². The van der Waals surface area contributed by atoms with Gasteiger partial charge in [0.1, 0.15) is 12.1 Å². The molecule has 0 bridgehead atoms. The first-order chi connectivity index (χ1) is 8.75. The molecule has 1 aliphatic rings. The Morgan fingerprint density at radius 1 is 1.37 bits per heavy atom. The van der Waals surface area contributed by atoms with Gasteiger partial charge in [0, 0.05) is 6.54 Å². The van der Waals surface area contributed by atoms with Gasteiger partial charge in [-0.05, 0) is 18.3 Å². The number of carbonyl (C=O) groups excluding carboxylic acids is 2. The summed E-state index contributed by atoms with van der Waals surface area (Å²) >= 11 is 0. The van der Waals surface area contributed by atoms with E-state index in [0.29, 0.717) is 13.0 Å². The summed E-state index contributed by atoms with van der Waals surface area (Å²) in [5, 5.41) is 11.0. The molecule has 0 aromatic rings. The third-order valence-electron chi connectivity index (χ3n) is 3.49. The van der Waals surface area contributed by atoms with Crippen molar-refractivity contribution >= 4 is 17.9 Å². The summed E-state index contributed by atoms with van der Waals surface area (Å²) in [6, 6.07) is -1.51. The highest BCUT2D eigenvalue weighted by Crippen LogP contribution is 2.25. The fourth-order valence-corrected chi connectivity index (χ4v) is 2.45. The lowest BCUT2D eigenvalue weighted by Gasteiger charge is -2.30. The number of primary amides is 1. The highest BCUT2D eigenvalue weighted by atomic mass is 16.4. The van der Waals surface area contributed by atoms with Crippen LogP contribution in [0.5, 0.6) is 0 Å². The normalized spacial score (nSPS) is 24.3. The van der Waals surface area contributed by atoms with Crippen LogP contribution in [0.15, 0.2) is 0 Å². The molecule has 1 saturated heterocycles. The molecule has 0 radical (unpaired) electrons. The molecule has 0 saturated carbocycles. The summed E-state index contributed by atoms with van der Waals surface area (Å²) < 4.78 is 0. The van der Waals surface area contributed by atoms with Gasteiger partial charge in [0.2, 0.25) is 11.8 Å². The largest absolute Gasteiger partial charge is 0.465 e. The molecule has 1 rings (SSSR count). The summed E-state index contributed by atoms with van der Waals surface area (Å²) in [5.74, 6) is -1.13. The molecule has 0 aromatic heterocycles. The molecule has 1 aliphatic heterocycles. The van der Waals surface area contributed by atoms with Crippen LogP contribution in [-0.4, -0.2) is 46.5 Å². The predicted octanol–water partition coefficient (Wildman–Crippen LogP) is 0.000900. The van der Waals surface area contributed by atoms with E-state index < -0.39 is 24.1 Å². The minimum absolute atomic E-state index is 0.000842. The lowest BCUT2D eigenvalue weighted by Crippen LogP contribution is -2.55. The third kappa shape index (κ3) is 3.36. The molecule has 7 nitrogen and oxygen atoms in total. The van der Waals surface area contributed by atoms with Crippen LogP contribution in [-0.2, 0) is 9.59 Å². The third-order valence-corrected chi connectivity index (χ3v) is 3.49. The van der Waals surface area contributed by atoms with Crippen LogP contribution in [0, 0.1) is 11.8 Å². The number of rotatable bonds is 4. The maximum Gasteiger partial charge on any atom is 0.405 e. The quantitative estimate of drug-likeness (QED) is 0.668. The van der Waals surface area contributed by atoms with Gasteiger partial charge in [0.15, 0.2) is 0 Å². The van der Waals surface area contributed by atoms with Gasteiger partial charge in [0.05, 0.1) is 0 Å². The highest BCUT2D eigenvalue weighted by Gasteiger charge is 2.41. The van der Waals surface area contributed by atoms with E-state index in [1.54, 1.807) is 13.8 Å². The molecule has 7 heteroatoms. The number of amides is 3. The van der Waals surface area contributed by atoms with Gasteiger partial charge in [-0.2, -0.15) is 0 Å². The standard InChI is InChI=1S/C12H21N3O4/c1-6(2)8(14-12(18)19)11(17)15-5-4-7(3)9(15)10(13)16/h6-9,14H,4-5H2,1-3H3,(H2,13,16)(H,18,19)/t7-,8+,9+/m1/s1. The van der Waals surface area contributed by atoms with E-state index >= 15 is 0 Å². The Morgan fingerprint density at radius 2 is 1.95 bits per heavy atom. The van der Waals surface area contributed by atoms with E-state index in [1.807, 2.05) is 6.92 Å². The van der Waals surface area contributed by atoms with Crippen molar-refractivity contribution < 1.29 is 19.5 Å². The zero-order valence-corrected chi connectivity index (χ0v) is 11.4. The second-order valence-corrected chi connectivity index (χ2v) is 5.32. The molecule has 3 amide bonds. The van der Waals surface area contributed by atoms with Gasteiger partial charge in [0.25, 0.3) is 0 Å². The molecular weight excluding hydrogens is 250 g/mol. The van der Waals surface area contributed by atoms with Crippen molar-refractivity contribution in [3.05, 3.63) is 0 Å². The number of carboxylic acid groups (broad SMARTS) is 1. The Morgan fingerprint density at radius 3 is 2.37 bits per heavy atom. The first kappa shape index (κ1) is 15.3. The highest BCUT2D eigenvalue weighted by molar-refractivity contribution is 5.91. The van der Waals surface area contributed by atoms with Crippen molar-refractivity contribution in [3.63, 3.8) is 0 Å². The summed E-state index contributed by atoms with van der Waals surface area (Å²) in [6.07, 6.45) is -0.563. The fraction of sp³-hybridized carbons (Fsp3) is 0.750. The molecule has 108 valence electrons. The second kappa shape index (κ2) is 5.90. The summed E-state index contributed by atoms with van der Waals surface area (Å²) in [6.45, 7) is 5.78. The van der Waals surface area contributed by atoms with E-state index in [1.165, 1.54) is 4.90 Å². The van der Waals surface area contributed by atoms with E-state index in [2.05, 4.69) is 5.32 Å². The van der Waals surface area contributed by atoms with Crippen LogP contribution < -0.4 is 11.1 Å². The first-order valence-electron chi connectivity index (χ1n) is 6.35. The molecule has 19 heavy (non-hydrogen) atoms. The Bertz CT molecular complexity index is 383. The lowest BCUT2D eigenvalue weighted by molar-refractivity contribution is -0.140. The van der Waals surface area contributed by atoms with E-state index in [4.69, 9.17) is 10.8 Å². The van der Waals surface area contributed by atoms with Gasteiger partial charge >= 0.3 is 6.09 Å². The Hall–Kier alpha value is -1.79. The van der Waals surface area contributed by atoms with Crippen molar-refractivity contribution in [2.75, 3.05) is 6.54 Å². The molecule has 0 aromatic carbocycles. The van der Waals surface area contributed by atoms with Crippen LogP contribution in [0.3, 0.4) is 0 Å². The monoisotopic (exact) mass is 271 g/mol. The summed E-state index contributed by atoms with van der Waals surface area (Å²) in [7, 11) is 0. The fourth-order valence-electron chi connectivity index (χ4n) is 2.45. The zero-order valence-electron chi connectivity index (χ0n) is 11.4. The molecule has 4 N–H and O–H groups in total. The number of hydrogen-bond donors (Lipinski definition) is 3. The first-order valence-corrected chi connectivity index (χ1v) is 6.35. The zero-order chi connectivity index (χ0) is 14.7. The molecular formula is C12H21N3O4. The Kier molecular flexibility index (Phi) is 4.74. The minimum Gasteiger partial charge on any atom is -0.465 e. The molecule has 1 heterocycles. The van der Waals surface area contributed by atoms with Crippen molar-refractivity contribution in [3.8, 4) is 0 Å². The van der Waals surface area contributed by atoms with Crippen molar-refractivity contribution in [2.45, 2.75) is 39.3 Å². The lowest BCUT2D eigenvalue weighted by atomic mass is 10.00. The van der Waals surface area contributed by atoms with Gasteiger partial charge in [-0.1, -0.05) is 20.8 Å². The predicted molar refractivity (Wildman–Crippen MR) is 68.3 cm³/mol. The molecule has 0 unspecified atom stereocenters. The second-order valence-electron chi connectivity index (χ2n) is 5.32. The Balaban J connectivity index is 2.90. The number of likely N-dealkylation sites (tertiary alicyclic amines) is 1. The molecule has 0 aliphatic carbocycles. The van der Waals surface area contributed by atoms with Gasteiger partial charge in [-0.3, -0.25) is 9.59 Å². The van der Waals surface area contributed by atoms with Crippen LogP contribution in [0.2, 0.25) is 0 Å². The molecule has 1 fully saturated rings. The summed E-state index contributed by atoms with van der Waals surface area (Å²) in [5.41, 5.74) is 5.32. The number of hydrogen-bond acceptors (Lipinski definition) is 3. The topological polar surface area (TPSA) is 113 Å². The van der Waals surface area contributed by atoms with Gasteiger partial charge in [-0.15, -0.1) is 0 Å². The average molecular weight is 271 g/mol. The van der Waals surface area contributed by atoms with E-state index in [-0.39, 0.29) is 17.7 Å². The average Bonchev–Trinajstić information content (AvgIpc) is 2.66. The summed E-state index contributed by atoms with van der Waals surface area (Å²) in [4.78, 5) is 35.9. The van der Waals surface area contributed by atoms with Crippen LogP contribution in [0.4, 0.5) is 4.79 Å². The van der Waals surface area contributed by atoms with Crippen molar-refractivity contribution in [1.82, 2.24) is 10.2 Å². The SMILES string of the molecule is CC(C)[C@H](NC(=O)O)C(=O)N1CC[C@@H](C)[C@H]1C(N)=O.